The second-order valence-corrected chi connectivity index (χ2v) is 5.32. The van der Waals surface area contributed by atoms with Gasteiger partial charge in [-0.05, 0) is 62.5 Å². The Kier molecular flexibility index (Phi) is 5.83. The number of rotatable bonds is 6. The molecule has 0 amide bonds. The minimum absolute atomic E-state index is 0.0701. The molecular weight excluding hydrogens is 236 g/mol. The Morgan fingerprint density at radius 2 is 1.89 bits per heavy atom. The van der Waals surface area contributed by atoms with E-state index in [2.05, 4.69) is 39.1 Å². The minimum atomic E-state index is 0.0701. The van der Waals surface area contributed by atoms with E-state index < -0.39 is 0 Å². The summed E-state index contributed by atoms with van der Waals surface area (Å²) in [6.45, 7) is 9.47. The zero-order valence-electron chi connectivity index (χ0n) is 13.1. The third-order valence-electron chi connectivity index (χ3n) is 4.13. The van der Waals surface area contributed by atoms with Crippen LogP contribution in [-0.4, -0.2) is 20.7 Å². The molecule has 0 fully saturated rings. The quantitative estimate of drug-likeness (QED) is 0.830. The third-order valence-corrected chi connectivity index (χ3v) is 4.13. The van der Waals surface area contributed by atoms with E-state index in [1.165, 1.54) is 16.7 Å². The lowest BCUT2D eigenvalue weighted by Crippen LogP contribution is -2.30. The van der Waals surface area contributed by atoms with Gasteiger partial charge in [0.1, 0.15) is 5.75 Å². The molecular formula is C16H28N2O. The van der Waals surface area contributed by atoms with Crippen LogP contribution in [-0.2, 0) is 0 Å². The highest BCUT2D eigenvalue weighted by molar-refractivity contribution is 5.50. The maximum absolute atomic E-state index is 6.49. The van der Waals surface area contributed by atoms with Gasteiger partial charge in [0.25, 0.3) is 0 Å². The summed E-state index contributed by atoms with van der Waals surface area (Å²) in [6, 6.07) is 2.25. The maximum atomic E-state index is 6.49. The highest BCUT2D eigenvalue weighted by Crippen LogP contribution is 2.33. The van der Waals surface area contributed by atoms with Crippen molar-refractivity contribution in [3.63, 3.8) is 0 Å². The van der Waals surface area contributed by atoms with Crippen molar-refractivity contribution in [1.29, 1.82) is 0 Å². The molecule has 2 unspecified atom stereocenters. The molecule has 1 rings (SSSR count). The summed E-state index contributed by atoms with van der Waals surface area (Å²) in [5.41, 5.74) is 11.4. The SMILES string of the molecule is CCC(CNC)C(N)c1cc(C)c(OC)c(C)c1C. The molecule has 1 aromatic rings. The van der Waals surface area contributed by atoms with E-state index in [-0.39, 0.29) is 6.04 Å². The van der Waals surface area contributed by atoms with Gasteiger partial charge < -0.3 is 15.8 Å². The van der Waals surface area contributed by atoms with Gasteiger partial charge in [-0.3, -0.25) is 0 Å². The second kappa shape index (κ2) is 6.92. The van der Waals surface area contributed by atoms with E-state index in [0.29, 0.717) is 5.92 Å². The fourth-order valence-corrected chi connectivity index (χ4v) is 2.79. The first kappa shape index (κ1) is 16.0. The molecule has 19 heavy (non-hydrogen) atoms. The molecule has 2 atom stereocenters. The molecule has 0 aliphatic heterocycles. The van der Waals surface area contributed by atoms with Crippen LogP contribution < -0.4 is 15.8 Å². The number of aryl methyl sites for hydroxylation is 1. The van der Waals surface area contributed by atoms with Crippen LogP contribution in [0.4, 0.5) is 0 Å². The van der Waals surface area contributed by atoms with Gasteiger partial charge in [0.15, 0.2) is 0 Å². The van der Waals surface area contributed by atoms with Crippen molar-refractivity contribution in [1.82, 2.24) is 5.32 Å². The Morgan fingerprint density at radius 1 is 1.26 bits per heavy atom. The van der Waals surface area contributed by atoms with Crippen LogP contribution in [0.2, 0.25) is 0 Å². The fraction of sp³-hybridized carbons (Fsp3) is 0.625. The molecule has 0 saturated heterocycles. The van der Waals surface area contributed by atoms with Gasteiger partial charge in [0, 0.05) is 6.04 Å². The lowest BCUT2D eigenvalue weighted by molar-refractivity contribution is 0.396. The normalized spacial score (nSPS) is 14.3. The third kappa shape index (κ3) is 3.28. The zero-order valence-corrected chi connectivity index (χ0v) is 13.1. The number of methoxy groups -OCH3 is 1. The van der Waals surface area contributed by atoms with Crippen LogP contribution in [0.25, 0.3) is 0 Å². The average molecular weight is 264 g/mol. The Hall–Kier alpha value is -1.06. The summed E-state index contributed by atoms with van der Waals surface area (Å²) in [5, 5.41) is 3.24. The number of ether oxygens (including phenoxy) is 1. The van der Waals surface area contributed by atoms with Crippen molar-refractivity contribution in [2.24, 2.45) is 11.7 Å². The van der Waals surface area contributed by atoms with E-state index in [0.717, 1.165) is 24.3 Å². The molecule has 0 aromatic heterocycles. The molecule has 3 N–H and O–H groups in total. The van der Waals surface area contributed by atoms with E-state index in [4.69, 9.17) is 10.5 Å². The van der Waals surface area contributed by atoms with Gasteiger partial charge in [0.05, 0.1) is 7.11 Å². The molecule has 1 aromatic carbocycles. The molecule has 3 heteroatoms. The van der Waals surface area contributed by atoms with Crippen molar-refractivity contribution >= 4 is 0 Å². The largest absolute Gasteiger partial charge is 0.496 e. The van der Waals surface area contributed by atoms with E-state index in [9.17, 15) is 0 Å². The van der Waals surface area contributed by atoms with Gasteiger partial charge in [-0.15, -0.1) is 0 Å². The summed E-state index contributed by atoms with van der Waals surface area (Å²) < 4.78 is 5.47. The monoisotopic (exact) mass is 264 g/mol. The smallest absolute Gasteiger partial charge is 0.124 e. The highest BCUT2D eigenvalue weighted by atomic mass is 16.5. The molecule has 0 aliphatic carbocycles. The van der Waals surface area contributed by atoms with Crippen LogP contribution in [0.3, 0.4) is 0 Å². The highest BCUT2D eigenvalue weighted by Gasteiger charge is 2.21. The number of hydrogen-bond donors (Lipinski definition) is 2. The lowest BCUT2D eigenvalue weighted by atomic mass is 9.86. The number of benzene rings is 1. The van der Waals surface area contributed by atoms with Crippen LogP contribution in [0, 0.1) is 26.7 Å². The summed E-state index contributed by atoms with van der Waals surface area (Å²) >= 11 is 0. The van der Waals surface area contributed by atoms with Crippen LogP contribution in [0.5, 0.6) is 5.75 Å². The topological polar surface area (TPSA) is 47.3 Å². The van der Waals surface area contributed by atoms with E-state index in [1.807, 2.05) is 7.05 Å². The van der Waals surface area contributed by atoms with Gasteiger partial charge in [-0.25, -0.2) is 0 Å². The lowest BCUT2D eigenvalue weighted by Gasteiger charge is -2.26. The molecule has 0 radical (unpaired) electrons. The van der Waals surface area contributed by atoms with Gasteiger partial charge in [-0.1, -0.05) is 19.4 Å². The van der Waals surface area contributed by atoms with E-state index in [1.54, 1.807) is 7.11 Å². The molecule has 0 saturated carbocycles. The Labute approximate surface area is 117 Å². The number of nitrogens with two attached hydrogens (primary N) is 1. The fourth-order valence-electron chi connectivity index (χ4n) is 2.79. The predicted octanol–water partition coefficient (Wildman–Crippen LogP) is 2.87. The molecule has 108 valence electrons. The minimum Gasteiger partial charge on any atom is -0.496 e. The predicted molar refractivity (Wildman–Crippen MR) is 81.8 cm³/mol. The van der Waals surface area contributed by atoms with Crippen molar-refractivity contribution < 1.29 is 4.74 Å². The molecule has 0 spiro atoms. The first-order chi connectivity index (χ1) is 8.97. The number of hydrogen-bond acceptors (Lipinski definition) is 3. The first-order valence-corrected chi connectivity index (χ1v) is 7.02. The number of nitrogens with one attached hydrogen (secondary N) is 1. The van der Waals surface area contributed by atoms with Gasteiger partial charge in [-0.2, -0.15) is 0 Å². The van der Waals surface area contributed by atoms with Crippen LogP contribution in [0.15, 0.2) is 6.07 Å². The van der Waals surface area contributed by atoms with Crippen LogP contribution >= 0.6 is 0 Å². The zero-order chi connectivity index (χ0) is 14.6. The van der Waals surface area contributed by atoms with Crippen molar-refractivity contribution in [2.75, 3.05) is 20.7 Å². The van der Waals surface area contributed by atoms with Crippen LogP contribution in [0.1, 0.15) is 41.6 Å². The molecule has 0 heterocycles. The van der Waals surface area contributed by atoms with Gasteiger partial charge >= 0.3 is 0 Å². The van der Waals surface area contributed by atoms with Crippen molar-refractivity contribution in [3.05, 3.63) is 28.3 Å². The standard InChI is InChI=1S/C16H28N2O/c1-7-13(9-18-5)15(17)14-8-10(2)16(19-6)12(4)11(14)3/h8,13,15,18H,7,9,17H2,1-6H3. The second-order valence-electron chi connectivity index (χ2n) is 5.32. The van der Waals surface area contributed by atoms with Crippen molar-refractivity contribution in [2.45, 2.75) is 40.2 Å². The summed E-state index contributed by atoms with van der Waals surface area (Å²) in [7, 11) is 3.71. The summed E-state index contributed by atoms with van der Waals surface area (Å²) in [5.74, 6) is 1.44. The Bertz CT molecular complexity index is 429. The first-order valence-electron chi connectivity index (χ1n) is 7.02. The van der Waals surface area contributed by atoms with Crippen molar-refractivity contribution in [3.8, 4) is 5.75 Å². The Morgan fingerprint density at radius 3 is 2.37 bits per heavy atom. The molecule has 0 bridgehead atoms. The van der Waals surface area contributed by atoms with Gasteiger partial charge in [0.2, 0.25) is 0 Å². The maximum Gasteiger partial charge on any atom is 0.124 e. The molecule has 3 nitrogen and oxygen atoms in total. The Balaban J connectivity index is 3.20. The summed E-state index contributed by atoms with van der Waals surface area (Å²) in [4.78, 5) is 0. The molecule has 0 aliphatic rings. The van der Waals surface area contributed by atoms with E-state index >= 15 is 0 Å². The summed E-state index contributed by atoms with van der Waals surface area (Å²) in [6.07, 6.45) is 1.07. The average Bonchev–Trinajstić information content (AvgIpc) is 2.40.